The van der Waals surface area contributed by atoms with Gasteiger partial charge in [-0.25, -0.2) is 9.59 Å². The summed E-state index contributed by atoms with van der Waals surface area (Å²) in [6.45, 7) is 0.0711. The summed E-state index contributed by atoms with van der Waals surface area (Å²) in [5, 5.41) is 10.3. The Balaban J connectivity index is 1.54. The van der Waals surface area contributed by atoms with Gasteiger partial charge in [-0.3, -0.25) is 4.90 Å². The fraction of sp³-hybridized carbons (Fsp3) is 0.136. The first-order valence-corrected chi connectivity index (χ1v) is 11.2. The van der Waals surface area contributed by atoms with E-state index in [0.29, 0.717) is 27.0 Å². The second kappa shape index (κ2) is 8.81. The molecule has 0 radical (unpaired) electrons. The van der Waals surface area contributed by atoms with Crippen molar-refractivity contribution in [2.45, 2.75) is 18.0 Å². The van der Waals surface area contributed by atoms with Crippen LogP contribution < -0.4 is 4.90 Å². The Kier molecular flexibility index (Phi) is 5.95. The molecule has 4 rings (SSSR count). The van der Waals surface area contributed by atoms with Crippen molar-refractivity contribution in [3.8, 4) is 11.8 Å². The van der Waals surface area contributed by atoms with Crippen molar-refractivity contribution in [1.82, 2.24) is 9.29 Å². The molecule has 1 aliphatic rings. The molecule has 2 aromatic carbocycles. The number of carbonyl (C=O) groups excluding carboxylic acids is 1. The zero-order valence-corrected chi connectivity index (χ0v) is 18.1. The Morgan fingerprint density at radius 2 is 1.87 bits per heavy atom. The number of hydrogen-bond donors (Lipinski definition) is 1. The van der Waals surface area contributed by atoms with Gasteiger partial charge in [0.25, 0.3) is 0 Å². The summed E-state index contributed by atoms with van der Waals surface area (Å²) in [4.78, 5) is 29.6. The lowest BCUT2D eigenvalue weighted by Gasteiger charge is -2.31. The highest BCUT2D eigenvalue weighted by Gasteiger charge is 2.43. The molecule has 1 aromatic heterocycles. The average molecular weight is 452 g/mol. The number of benzene rings is 2. The third kappa shape index (κ3) is 4.41. The zero-order chi connectivity index (χ0) is 22.0. The average Bonchev–Trinajstić information content (AvgIpc) is 3.21. The number of urea groups is 1. The maximum absolute atomic E-state index is 13.1. The van der Waals surface area contributed by atoms with Gasteiger partial charge in [-0.15, -0.1) is 4.31 Å². The van der Waals surface area contributed by atoms with Crippen LogP contribution in [0, 0.1) is 11.8 Å². The molecule has 1 unspecified atom stereocenters. The Hall–Kier alpha value is -3.32. The lowest BCUT2D eigenvalue weighted by atomic mass is 10.1. The maximum atomic E-state index is 13.1. The second-order valence-electron chi connectivity index (χ2n) is 6.72. The van der Waals surface area contributed by atoms with Gasteiger partial charge in [0, 0.05) is 13.5 Å². The number of rotatable bonds is 4. The SMILES string of the molecule is CN1C(=O)N(Cc2ccc(C(=O)O)cc2)[S+]([O-])c2nc(C#CCc3ccccc3)sc21. The molecule has 3 aromatic rings. The molecular weight excluding hydrogens is 434 g/mol. The molecule has 1 aliphatic heterocycles. The minimum Gasteiger partial charge on any atom is -0.586 e. The molecule has 0 bridgehead atoms. The third-order valence-corrected chi connectivity index (χ3v) is 7.09. The molecule has 0 fully saturated rings. The highest BCUT2D eigenvalue weighted by molar-refractivity contribution is 7.90. The number of hydrogen-bond acceptors (Lipinski definition) is 5. The summed E-state index contributed by atoms with van der Waals surface area (Å²) in [7, 11) is 1.61. The van der Waals surface area contributed by atoms with Crippen LogP contribution in [0.3, 0.4) is 0 Å². The monoisotopic (exact) mass is 451 g/mol. The van der Waals surface area contributed by atoms with Gasteiger partial charge >= 0.3 is 17.0 Å². The van der Waals surface area contributed by atoms with Gasteiger partial charge in [-0.05, 0) is 29.2 Å². The number of carboxylic acids is 1. The van der Waals surface area contributed by atoms with E-state index in [1.54, 1.807) is 19.2 Å². The third-order valence-electron chi connectivity index (χ3n) is 4.61. The van der Waals surface area contributed by atoms with Crippen LogP contribution in [0.4, 0.5) is 9.80 Å². The Morgan fingerprint density at radius 3 is 2.55 bits per heavy atom. The number of aromatic carboxylic acids is 1. The van der Waals surface area contributed by atoms with Crippen LogP contribution in [-0.2, 0) is 24.3 Å². The van der Waals surface area contributed by atoms with E-state index in [-0.39, 0.29) is 12.1 Å². The molecule has 7 nitrogen and oxygen atoms in total. The van der Waals surface area contributed by atoms with Crippen LogP contribution in [-0.4, -0.2) is 38.0 Å². The van der Waals surface area contributed by atoms with Crippen molar-refractivity contribution >= 4 is 39.7 Å². The fourth-order valence-electron chi connectivity index (χ4n) is 2.97. The van der Waals surface area contributed by atoms with Gasteiger partial charge < -0.3 is 9.66 Å². The molecule has 1 N–H and O–H groups in total. The van der Waals surface area contributed by atoms with Gasteiger partial charge in [-0.2, -0.15) is 4.98 Å². The minimum atomic E-state index is -1.78. The summed E-state index contributed by atoms with van der Waals surface area (Å²) >= 11 is -0.547. The second-order valence-corrected chi connectivity index (χ2v) is 9.03. The predicted octanol–water partition coefficient (Wildman–Crippen LogP) is 3.53. The largest absolute Gasteiger partial charge is 0.586 e. The van der Waals surface area contributed by atoms with Crippen molar-refractivity contribution in [2.75, 3.05) is 11.9 Å². The molecule has 0 saturated carbocycles. The summed E-state index contributed by atoms with van der Waals surface area (Å²) in [6, 6.07) is 15.5. The normalized spacial score (nSPS) is 15.3. The van der Waals surface area contributed by atoms with Gasteiger partial charge in [0.2, 0.25) is 0 Å². The summed E-state index contributed by atoms with van der Waals surface area (Å²) in [5.74, 6) is 5.04. The number of thiazole rings is 1. The molecule has 0 spiro atoms. The lowest BCUT2D eigenvalue weighted by molar-refractivity contribution is 0.0696. The maximum Gasteiger partial charge on any atom is 0.367 e. The fourth-order valence-corrected chi connectivity index (χ4v) is 5.35. The number of fused-ring (bicyclic) bond motifs is 1. The number of amides is 2. The Labute approximate surface area is 186 Å². The van der Waals surface area contributed by atoms with Crippen LogP contribution in [0.25, 0.3) is 0 Å². The quantitative estimate of drug-likeness (QED) is 0.484. The molecule has 9 heteroatoms. The first kappa shape index (κ1) is 20.9. The van der Waals surface area contributed by atoms with E-state index in [9.17, 15) is 14.1 Å². The first-order valence-electron chi connectivity index (χ1n) is 9.27. The van der Waals surface area contributed by atoms with E-state index in [1.165, 1.54) is 32.7 Å². The van der Waals surface area contributed by atoms with E-state index in [2.05, 4.69) is 16.8 Å². The van der Waals surface area contributed by atoms with Crippen molar-refractivity contribution < 1.29 is 19.2 Å². The summed E-state index contributed by atoms with van der Waals surface area (Å²) in [6.07, 6.45) is 0.571. The lowest BCUT2D eigenvalue weighted by Crippen LogP contribution is -2.48. The van der Waals surface area contributed by atoms with Crippen LogP contribution in [0.2, 0.25) is 0 Å². The Bertz CT molecular complexity index is 1180. The molecular formula is C22H17N3O4S2. The smallest absolute Gasteiger partial charge is 0.367 e. The number of anilines is 1. The van der Waals surface area contributed by atoms with Crippen LogP contribution in [0.5, 0.6) is 0 Å². The highest BCUT2D eigenvalue weighted by atomic mass is 32.2. The zero-order valence-electron chi connectivity index (χ0n) is 16.4. The van der Waals surface area contributed by atoms with Crippen LogP contribution in [0.1, 0.15) is 26.5 Å². The first-order chi connectivity index (χ1) is 14.9. The van der Waals surface area contributed by atoms with E-state index in [1.807, 2.05) is 30.3 Å². The van der Waals surface area contributed by atoms with Crippen LogP contribution in [0.15, 0.2) is 59.6 Å². The number of nitrogens with zero attached hydrogens (tertiary/aromatic N) is 3. The molecule has 0 aliphatic carbocycles. The van der Waals surface area contributed by atoms with Crippen LogP contribution >= 0.6 is 11.3 Å². The predicted molar refractivity (Wildman–Crippen MR) is 118 cm³/mol. The number of carbonyl (C=O) groups is 2. The van der Waals surface area contributed by atoms with E-state index >= 15 is 0 Å². The van der Waals surface area contributed by atoms with Gasteiger partial charge in [0.1, 0.15) is 11.4 Å². The molecule has 1 atom stereocenters. The minimum absolute atomic E-state index is 0.0711. The van der Waals surface area contributed by atoms with Gasteiger partial charge in [-0.1, -0.05) is 59.7 Å². The van der Waals surface area contributed by atoms with Gasteiger partial charge in [0.15, 0.2) is 10.0 Å². The van der Waals surface area contributed by atoms with E-state index in [0.717, 1.165) is 5.56 Å². The summed E-state index contributed by atoms with van der Waals surface area (Å²) < 4.78 is 14.3. The molecule has 31 heavy (non-hydrogen) atoms. The van der Waals surface area contributed by atoms with Crippen molar-refractivity contribution in [1.29, 1.82) is 0 Å². The molecule has 2 amide bonds. The topological polar surface area (TPSA) is 96.8 Å². The number of carboxylic acid groups (broad SMARTS) is 1. The molecule has 0 saturated heterocycles. The highest BCUT2D eigenvalue weighted by Crippen LogP contribution is 2.38. The molecule has 2 heterocycles. The standard InChI is InChI=1S/C22H17N3O4S2/c1-24-20-19(23-18(30-20)9-5-8-15-6-3-2-4-7-15)31(29)25(22(24)28)14-16-10-12-17(13-11-16)21(26)27/h2-4,6-7,10-13H,8,14H2,1H3,(H,26,27). The van der Waals surface area contributed by atoms with Gasteiger partial charge in [0.05, 0.1) is 12.1 Å². The van der Waals surface area contributed by atoms with E-state index in [4.69, 9.17) is 5.11 Å². The number of aromatic nitrogens is 1. The van der Waals surface area contributed by atoms with Crippen molar-refractivity contribution in [2.24, 2.45) is 0 Å². The van der Waals surface area contributed by atoms with E-state index < -0.39 is 23.4 Å². The molecule has 156 valence electrons. The van der Waals surface area contributed by atoms with Crippen molar-refractivity contribution in [3.63, 3.8) is 0 Å². The van der Waals surface area contributed by atoms with Crippen molar-refractivity contribution in [3.05, 3.63) is 76.3 Å². The summed E-state index contributed by atoms with van der Waals surface area (Å²) in [5.41, 5.74) is 1.90. The Morgan fingerprint density at radius 1 is 1.16 bits per heavy atom.